The first-order valence-electron chi connectivity index (χ1n) is 10.0. The van der Waals surface area contributed by atoms with Gasteiger partial charge >= 0.3 is 0 Å². The first-order valence-corrected chi connectivity index (χ1v) is 10.0. The first-order chi connectivity index (χ1) is 12.7. The van der Waals surface area contributed by atoms with Crippen molar-refractivity contribution in [2.75, 3.05) is 46.9 Å². The average Bonchev–Trinajstić information content (AvgIpc) is 2.67. The minimum absolute atomic E-state index is 0.705. The highest BCUT2D eigenvalue weighted by molar-refractivity contribution is 5.79. The van der Waals surface area contributed by atoms with Crippen LogP contribution in [0.5, 0.6) is 5.75 Å². The molecule has 0 atom stereocenters. The highest BCUT2D eigenvalue weighted by Crippen LogP contribution is 2.20. The number of ether oxygens (including phenoxy) is 1. The van der Waals surface area contributed by atoms with Gasteiger partial charge in [-0.25, -0.2) is 0 Å². The number of likely N-dealkylation sites (tertiary alicyclic amines) is 1. The lowest BCUT2D eigenvalue weighted by Gasteiger charge is -2.31. The van der Waals surface area contributed by atoms with E-state index in [1.165, 1.54) is 44.5 Å². The number of benzene rings is 1. The van der Waals surface area contributed by atoms with Gasteiger partial charge in [0, 0.05) is 32.2 Å². The molecule has 0 unspecified atom stereocenters. The number of nitrogens with one attached hydrogen (secondary N) is 1. The van der Waals surface area contributed by atoms with Gasteiger partial charge in [-0.15, -0.1) is 0 Å². The third-order valence-corrected chi connectivity index (χ3v) is 5.04. The van der Waals surface area contributed by atoms with Crippen LogP contribution in [0.15, 0.2) is 29.3 Å². The molecule has 5 heteroatoms. The third-order valence-electron chi connectivity index (χ3n) is 5.04. The normalized spacial score (nSPS) is 16.5. The van der Waals surface area contributed by atoms with E-state index in [2.05, 4.69) is 48.1 Å². The number of para-hydroxylation sites is 1. The molecule has 1 aliphatic rings. The molecular formula is C21H36N4O. The molecule has 1 saturated heterocycles. The summed E-state index contributed by atoms with van der Waals surface area (Å²) in [5.74, 6) is 2.62. The van der Waals surface area contributed by atoms with Crippen molar-refractivity contribution >= 4 is 5.96 Å². The smallest absolute Gasteiger partial charge is 0.193 e. The molecule has 0 saturated carbocycles. The van der Waals surface area contributed by atoms with E-state index in [0.29, 0.717) is 5.92 Å². The quantitative estimate of drug-likeness (QED) is 0.571. The highest BCUT2D eigenvalue weighted by atomic mass is 16.5. The second-order valence-electron chi connectivity index (χ2n) is 7.15. The average molecular weight is 361 g/mol. The van der Waals surface area contributed by atoms with Crippen LogP contribution in [0.1, 0.15) is 38.7 Å². The van der Waals surface area contributed by atoms with Crippen LogP contribution in [-0.4, -0.2) is 62.6 Å². The van der Waals surface area contributed by atoms with Gasteiger partial charge in [0.25, 0.3) is 0 Å². The summed E-state index contributed by atoms with van der Waals surface area (Å²) >= 11 is 0. The largest absolute Gasteiger partial charge is 0.496 e. The Bertz CT molecular complexity index is 553. The van der Waals surface area contributed by atoms with E-state index < -0.39 is 0 Å². The predicted octanol–water partition coefficient (Wildman–Crippen LogP) is 3.21. The molecule has 5 nitrogen and oxygen atoms in total. The lowest BCUT2D eigenvalue weighted by Crippen LogP contribution is -2.39. The maximum atomic E-state index is 5.48. The van der Waals surface area contributed by atoms with Gasteiger partial charge in [-0.1, -0.05) is 25.1 Å². The molecule has 0 amide bonds. The SMILES string of the molecule is CCCN1CCC(CN=C(NCC)N(C)Cc2ccccc2OC)CC1. The molecule has 0 aliphatic carbocycles. The van der Waals surface area contributed by atoms with Gasteiger partial charge in [0.05, 0.1) is 7.11 Å². The number of piperidine rings is 1. The predicted molar refractivity (Wildman–Crippen MR) is 110 cm³/mol. The molecule has 0 spiro atoms. The standard InChI is InChI=1S/C21H36N4O/c1-5-13-25-14-11-18(12-15-25)16-23-21(22-6-2)24(3)17-19-9-7-8-10-20(19)26-4/h7-10,18H,5-6,11-17H2,1-4H3,(H,22,23). The van der Waals surface area contributed by atoms with E-state index in [0.717, 1.165) is 31.3 Å². The molecule has 0 radical (unpaired) electrons. The molecule has 1 fully saturated rings. The summed E-state index contributed by atoms with van der Waals surface area (Å²) < 4.78 is 5.48. The van der Waals surface area contributed by atoms with Crippen molar-refractivity contribution < 1.29 is 4.74 Å². The highest BCUT2D eigenvalue weighted by Gasteiger charge is 2.19. The Morgan fingerprint density at radius 2 is 2.00 bits per heavy atom. The number of aliphatic imine (C=N–C) groups is 1. The maximum absolute atomic E-state index is 5.48. The van der Waals surface area contributed by atoms with Gasteiger partial charge in [0.1, 0.15) is 5.75 Å². The monoisotopic (exact) mass is 360 g/mol. The number of guanidine groups is 1. The Hall–Kier alpha value is -1.75. The second kappa shape index (κ2) is 11.1. The Labute approximate surface area is 159 Å². The maximum Gasteiger partial charge on any atom is 0.193 e. The molecule has 0 aromatic heterocycles. The van der Waals surface area contributed by atoms with Crippen molar-refractivity contribution in [3.05, 3.63) is 29.8 Å². The van der Waals surface area contributed by atoms with E-state index >= 15 is 0 Å². The minimum Gasteiger partial charge on any atom is -0.496 e. The second-order valence-corrected chi connectivity index (χ2v) is 7.15. The molecule has 1 heterocycles. The summed E-state index contributed by atoms with van der Waals surface area (Å²) in [5, 5.41) is 3.43. The van der Waals surface area contributed by atoms with E-state index in [-0.39, 0.29) is 0 Å². The van der Waals surface area contributed by atoms with Crippen LogP contribution in [0, 0.1) is 5.92 Å². The van der Waals surface area contributed by atoms with E-state index in [9.17, 15) is 0 Å². The fourth-order valence-corrected chi connectivity index (χ4v) is 3.56. The summed E-state index contributed by atoms with van der Waals surface area (Å²) in [6.45, 7) is 10.6. The minimum atomic E-state index is 0.705. The molecular weight excluding hydrogens is 324 g/mol. The van der Waals surface area contributed by atoms with Crippen LogP contribution in [0.4, 0.5) is 0 Å². The molecule has 0 bridgehead atoms. The van der Waals surface area contributed by atoms with Crippen molar-refractivity contribution in [3.63, 3.8) is 0 Å². The topological polar surface area (TPSA) is 40.1 Å². The Morgan fingerprint density at radius 1 is 1.27 bits per heavy atom. The third kappa shape index (κ3) is 6.20. The first kappa shape index (κ1) is 20.6. The fourth-order valence-electron chi connectivity index (χ4n) is 3.56. The fraction of sp³-hybridized carbons (Fsp3) is 0.667. The summed E-state index contributed by atoms with van der Waals surface area (Å²) in [6, 6.07) is 8.19. The van der Waals surface area contributed by atoms with E-state index in [1.54, 1.807) is 7.11 Å². The number of hydrogen-bond acceptors (Lipinski definition) is 3. The lowest BCUT2D eigenvalue weighted by molar-refractivity contribution is 0.188. The van der Waals surface area contributed by atoms with Crippen LogP contribution in [0.25, 0.3) is 0 Å². The summed E-state index contributed by atoms with van der Waals surface area (Å²) in [5.41, 5.74) is 1.18. The number of methoxy groups -OCH3 is 1. The summed E-state index contributed by atoms with van der Waals surface area (Å²) in [6.07, 6.45) is 3.78. The van der Waals surface area contributed by atoms with Gasteiger partial charge in [0.15, 0.2) is 5.96 Å². The van der Waals surface area contributed by atoms with Crippen LogP contribution in [-0.2, 0) is 6.54 Å². The zero-order valence-electron chi connectivity index (χ0n) is 17.0. The zero-order valence-corrected chi connectivity index (χ0v) is 17.0. The zero-order chi connectivity index (χ0) is 18.8. The molecule has 1 aliphatic heterocycles. The summed E-state index contributed by atoms with van der Waals surface area (Å²) in [4.78, 5) is 9.70. The van der Waals surface area contributed by atoms with Gasteiger partial charge in [0.2, 0.25) is 0 Å². The molecule has 1 aromatic carbocycles. The van der Waals surface area contributed by atoms with Gasteiger partial charge in [-0.2, -0.15) is 0 Å². The van der Waals surface area contributed by atoms with Crippen LogP contribution < -0.4 is 10.1 Å². The van der Waals surface area contributed by atoms with Crippen molar-refractivity contribution in [3.8, 4) is 5.75 Å². The molecule has 1 aromatic rings. The van der Waals surface area contributed by atoms with Crippen LogP contribution in [0.3, 0.4) is 0 Å². The Morgan fingerprint density at radius 3 is 2.65 bits per heavy atom. The van der Waals surface area contributed by atoms with Gasteiger partial charge in [-0.05, 0) is 57.8 Å². The number of rotatable bonds is 8. The van der Waals surface area contributed by atoms with Crippen molar-refractivity contribution in [2.24, 2.45) is 10.9 Å². The van der Waals surface area contributed by atoms with Gasteiger partial charge < -0.3 is 19.9 Å². The Balaban J connectivity index is 1.93. The van der Waals surface area contributed by atoms with Crippen LogP contribution >= 0.6 is 0 Å². The molecule has 26 heavy (non-hydrogen) atoms. The van der Waals surface area contributed by atoms with Crippen molar-refractivity contribution in [1.29, 1.82) is 0 Å². The Kier molecular flexibility index (Phi) is 8.75. The van der Waals surface area contributed by atoms with Gasteiger partial charge in [-0.3, -0.25) is 4.99 Å². The number of hydrogen-bond donors (Lipinski definition) is 1. The van der Waals surface area contributed by atoms with Crippen molar-refractivity contribution in [2.45, 2.75) is 39.7 Å². The van der Waals surface area contributed by atoms with E-state index in [4.69, 9.17) is 9.73 Å². The number of nitrogens with zero attached hydrogens (tertiary/aromatic N) is 3. The van der Waals surface area contributed by atoms with Crippen LogP contribution in [0.2, 0.25) is 0 Å². The van der Waals surface area contributed by atoms with E-state index in [1.807, 2.05) is 12.1 Å². The summed E-state index contributed by atoms with van der Waals surface area (Å²) in [7, 11) is 3.82. The molecule has 1 N–H and O–H groups in total. The molecule has 2 rings (SSSR count). The molecule has 146 valence electrons. The van der Waals surface area contributed by atoms with Crippen molar-refractivity contribution in [1.82, 2.24) is 15.1 Å². The lowest BCUT2D eigenvalue weighted by atomic mass is 9.97.